The number of halogens is 2. The minimum Gasteiger partial charge on any atom is -0.454 e. The Kier molecular flexibility index (Phi) is 4.10. The first kappa shape index (κ1) is 15.2. The molecule has 0 aromatic heterocycles. The van der Waals surface area contributed by atoms with E-state index >= 15 is 0 Å². The largest absolute Gasteiger partial charge is 0.454 e. The number of hydrogen-bond acceptors (Lipinski definition) is 2. The average molecular weight is 315 g/mol. The highest BCUT2D eigenvalue weighted by Crippen LogP contribution is 2.29. The molecule has 118 valence electrons. The molecule has 0 atom stereocenters. The van der Waals surface area contributed by atoms with Gasteiger partial charge in [-0.25, -0.2) is 8.78 Å². The Morgan fingerprint density at radius 1 is 1.17 bits per heavy atom. The van der Waals surface area contributed by atoms with Gasteiger partial charge in [0.2, 0.25) is 5.91 Å². The highest BCUT2D eigenvalue weighted by molar-refractivity contribution is 5.87. The maximum absolute atomic E-state index is 13.7. The van der Waals surface area contributed by atoms with Crippen LogP contribution in [0.25, 0.3) is 0 Å². The predicted molar refractivity (Wildman–Crippen MR) is 82.2 cm³/mol. The first-order valence-electron chi connectivity index (χ1n) is 7.23. The molecule has 0 saturated carbocycles. The van der Waals surface area contributed by atoms with Gasteiger partial charge in [0.1, 0.15) is 11.6 Å². The van der Waals surface area contributed by atoms with Crippen molar-refractivity contribution in [3.05, 3.63) is 71.8 Å². The third-order valence-corrected chi connectivity index (χ3v) is 3.80. The summed E-state index contributed by atoms with van der Waals surface area (Å²) in [6.07, 6.45) is 2.04. The third kappa shape index (κ3) is 3.23. The van der Waals surface area contributed by atoms with Gasteiger partial charge in [-0.05, 0) is 47.9 Å². The molecule has 5 heteroatoms. The lowest BCUT2D eigenvalue weighted by Gasteiger charge is -2.28. The van der Waals surface area contributed by atoms with Gasteiger partial charge in [-0.1, -0.05) is 12.6 Å². The number of carbonyl (C=O) groups is 1. The molecule has 0 unspecified atom stereocenters. The second-order valence-corrected chi connectivity index (χ2v) is 5.32. The Morgan fingerprint density at radius 2 is 2.00 bits per heavy atom. The molecule has 0 bridgehead atoms. The first-order chi connectivity index (χ1) is 11.1. The lowest BCUT2D eigenvalue weighted by atomic mass is 9.99. The molecule has 0 radical (unpaired) electrons. The summed E-state index contributed by atoms with van der Waals surface area (Å²) >= 11 is 0. The molecule has 3 rings (SSSR count). The van der Waals surface area contributed by atoms with Crippen LogP contribution in [0, 0.1) is 11.6 Å². The number of carbonyl (C=O) groups excluding carboxylic acids is 1. The number of amides is 1. The SMILES string of the molecule is C=CC(=O)N1CCc2ccc(Oc3ccc(F)cc3F)cc2C1. The Labute approximate surface area is 132 Å². The van der Waals surface area contributed by atoms with Crippen molar-refractivity contribution in [2.75, 3.05) is 6.54 Å². The van der Waals surface area contributed by atoms with Crippen molar-refractivity contribution < 1.29 is 18.3 Å². The lowest BCUT2D eigenvalue weighted by molar-refractivity contribution is -0.126. The smallest absolute Gasteiger partial charge is 0.246 e. The van der Waals surface area contributed by atoms with Gasteiger partial charge >= 0.3 is 0 Å². The summed E-state index contributed by atoms with van der Waals surface area (Å²) in [6, 6.07) is 8.59. The molecule has 1 heterocycles. The van der Waals surface area contributed by atoms with Crippen molar-refractivity contribution in [2.24, 2.45) is 0 Å². The van der Waals surface area contributed by atoms with Crippen molar-refractivity contribution in [1.29, 1.82) is 0 Å². The van der Waals surface area contributed by atoms with Crippen LogP contribution in [-0.2, 0) is 17.8 Å². The zero-order chi connectivity index (χ0) is 16.4. The number of fused-ring (bicyclic) bond motifs is 1. The summed E-state index contributed by atoms with van der Waals surface area (Å²) in [7, 11) is 0. The molecule has 23 heavy (non-hydrogen) atoms. The molecule has 1 aliphatic rings. The molecule has 0 spiro atoms. The third-order valence-electron chi connectivity index (χ3n) is 3.80. The number of benzene rings is 2. The second-order valence-electron chi connectivity index (χ2n) is 5.32. The molecule has 3 nitrogen and oxygen atoms in total. The minimum atomic E-state index is -0.758. The van der Waals surface area contributed by atoms with Crippen LogP contribution in [0.1, 0.15) is 11.1 Å². The molecule has 0 aliphatic carbocycles. The van der Waals surface area contributed by atoms with Gasteiger partial charge in [0.25, 0.3) is 0 Å². The minimum absolute atomic E-state index is 0.0406. The van der Waals surface area contributed by atoms with Crippen LogP contribution in [0.15, 0.2) is 49.1 Å². The summed E-state index contributed by atoms with van der Waals surface area (Å²) in [6.45, 7) is 4.60. The van der Waals surface area contributed by atoms with Crippen molar-refractivity contribution in [3.8, 4) is 11.5 Å². The molecule has 0 fully saturated rings. The normalized spacial score (nSPS) is 13.4. The summed E-state index contributed by atoms with van der Waals surface area (Å²) < 4.78 is 32.1. The molecule has 0 saturated heterocycles. The van der Waals surface area contributed by atoms with Crippen LogP contribution in [0.5, 0.6) is 11.5 Å². The van der Waals surface area contributed by atoms with Crippen LogP contribution >= 0.6 is 0 Å². The van der Waals surface area contributed by atoms with Crippen LogP contribution < -0.4 is 4.74 Å². The zero-order valence-electron chi connectivity index (χ0n) is 12.4. The van der Waals surface area contributed by atoms with Crippen LogP contribution in [0.2, 0.25) is 0 Å². The Balaban J connectivity index is 1.83. The van der Waals surface area contributed by atoms with Gasteiger partial charge in [0.05, 0.1) is 0 Å². The summed E-state index contributed by atoms with van der Waals surface area (Å²) in [5.74, 6) is -1.13. The zero-order valence-corrected chi connectivity index (χ0v) is 12.4. The Morgan fingerprint density at radius 3 is 2.74 bits per heavy atom. The van der Waals surface area contributed by atoms with Gasteiger partial charge < -0.3 is 9.64 Å². The van der Waals surface area contributed by atoms with E-state index < -0.39 is 11.6 Å². The monoisotopic (exact) mass is 315 g/mol. The van der Waals surface area contributed by atoms with Crippen LogP contribution in [0.4, 0.5) is 8.78 Å². The Bertz CT molecular complexity index is 774. The average Bonchev–Trinajstić information content (AvgIpc) is 2.56. The number of nitrogens with zero attached hydrogens (tertiary/aromatic N) is 1. The topological polar surface area (TPSA) is 29.5 Å². The molecule has 2 aromatic rings. The summed E-state index contributed by atoms with van der Waals surface area (Å²) in [5, 5.41) is 0. The van der Waals surface area contributed by atoms with Gasteiger partial charge in [-0.3, -0.25) is 4.79 Å². The van der Waals surface area contributed by atoms with E-state index in [4.69, 9.17) is 4.74 Å². The highest BCUT2D eigenvalue weighted by Gasteiger charge is 2.19. The number of rotatable bonds is 3. The van der Waals surface area contributed by atoms with E-state index in [0.717, 1.165) is 29.7 Å². The standard InChI is InChI=1S/C18H15F2NO2/c1-2-18(22)21-8-7-12-3-5-15(9-13(12)11-21)23-17-6-4-14(19)10-16(17)20/h2-6,9-10H,1,7-8,11H2. The fourth-order valence-corrected chi connectivity index (χ4v) is 2.60. The summed E-state index contributed by atoms with van der Waals surface area (Å²) in [4.78, 5) is 13.4. The quantitative estimate of drug-likeness (QED) is 0.806. The first-order valence-corrected chi connectivity index (χ1v) is 7.23. The lowest BCUT2D eigenvalue weighted by Crippen LogP contribution is -2.34. The van der Waals surface area contributed by atoms with Crippen molar-refractivity contribution in [3.63, 3.8) is 0 Å². The van der Waals surface area contributed by atoms with Crippen molar-refractivity contribution in [2.45, 2.75) is 13.0 Å². The summed E-state index contributed by atoms with van der Waals surface area (Å²) in [5.41, 5.74) is 2.08. The number of ether oxygens (including phenoxy) is 1. The van der Waals surface area contributed by atoms with Gasteiger partial charge in [-0.15, -0.1) is 0 Å². The van der Waals surface area contributed by atoms with E-state index in [-0.39, 0.29) is 11.7 Å². The van der Waals surface area contributed by atoms with Crippen LogP contribution in [-0.4, -0.2) is 17.4 Å². The van der Waals surface area contributed by atoms with Crippen molar-refractivity contribution in [1.82, 2.24) is 4.90 Å². The van der Waals surface area contributed by atoms with Gasteiger partial charge in [0, 0.05) is 19.2 Å². The van der Waals surface area contributed by atoms with Gasteiger partial charge in [-0.2, -0.15) is 0 Å². The van der Waals surface area contributed by atoms with E-state index in [1.165, 1.54) is 12.1 Å². The van der Waals surface area contributed by atoms with Crippen molar-refractivity contribution >= 4 is 5.91 Å². The molecular formula is C18H15F2NO2. The molecule has 2 aromatic carbocycles. The highest BCUT2D eigenvalue weighted by atomic mass is 19.1. The van der Waals surface area contributed by atoms with E-state index in [0.29, 0.717) is 18.8 Å². The maximum atomic E-state index is 13.7. The van der Waals surface area contributed by atoms with Crippen LogP contribution in [0.3, 0.4) is 0 Å². The molecule has 1 amide bonds. The predicted octanol–water partition coefficient (Wildman–Crippen LogP) is 3.83. The fraction of sp³-hybridized carbons (Fsp3) is 0.167. The molecular weight excluding hydrogens is 300 g/mol. The Hall–Kier alpha value is -2.69. The van der Waals surface area contributed by atoms with E-state index in [9.17, 15) is 13.6 Å². The van der Waals surface area contributed by atoms with E-state index in [1.54, 1.807) is 17.0 Å². The number of hydrogen-bond donors (Lipinski definition) is 0. The molecule has 0 N–H and O–H groups in total. The molecule has 1 aliphatic heterocycles. The fourth-order valence-electron chi connectivity index (χ4n) is 2.60. The maximum Gasteiger partial charge on any atom is 0.246 e. The van der Waals surface area contributed by atoms with E-state index in [2.05, 4.69) is 6.58 Å². The second kappa shape index (κ2) is 6.20. The van der Waals surface area contributed by atoms with E-state index in [1.807, 2.05) is 6.07 Å². The van der Waals surface area contributed by atoms with Gasteiger partial charge in [0.15, 0.2) is 11.6 Å².